The molecular weight excluding hydrogens is 341 g/mol. The van der Waals surface area contributed by atoms with Crippen molar-refractivity contribution in [2.45, 2.75) is 24.3 Å². The van der Waals surface area contributed by atoms with Gasteiger partial charge in [-0.25, -0.2) is 4.39 Å². The number of halogens is 1. The number of hydrogen-bond donors (Lipinski definition) is 1. The van der Waals surface area contributed by atoms with Gasteiger partial charge < -0.3 is 10.1 Å². The van der Waals surface area contributed by atoms with E-state index in [1.54, 1.807) is 12.1 Å². The van der Waals surface area contributed by atoms with E-state index in [1.165, 1.54) is 23.9 Å². The Morgan fingerprint density at radius 1 is 1.12 bits per heavy atom. The fourth-order valence-electron chi connectivity index (χ4n) is 2.11. The molecule has 0 bridgehead atoms. The number of esters is 1. The predicted octanol–water partition coefficient (Wildman–Crippen LogP) is 3.73. The molecule has 0 aliphatic heterocycles. The molecule has 6 heteroatoms. The first-order valence-corrected chi connectivity index (χ1v) is 8.91. The number of hydrogen-bond acceptors (Lipinski definition) is 4. The quantitative estimate of drug-likeness (QED) is 0.575. The van der Waals surface area contributed by atoms with Crippen LogP contribution in [0.1, 0.15) is 24.9 Å². The zero-order valence-electron chi connectivity index (χ0n) is 13.9. The number of carbonyl (C=O) groups is 2. The largest absolute Gasteiger partial charge is 0.456 e. The topological polar surface area (TPSA) is 55.4 Å². The molecule has 0 fully saturated rings. The molecule has 1 N–H and O–H groups in total. The molecule has 132 valence electrons. The summed E-state index contributed by atoms with van der Waals surface area (Å²) in [7, 11) is 0. The van der Waals surface area contributed by atoms with Crippen molar-refractivity contribution in [3.8, 4) is 0 Å². The number of thioether (sulfide) groups is 1. The van der Waals surface area contributed by atoms with E-state index in [2.05, 4.69) is 5.32 Å². The second kappa shape index (κ2) is 9.84. The Hall–Kier alpha value is -2.34. The molecule has 25 heavy (non-hydrogen) atoms. The molecule has 1 atom stereocenters. The number of carbonyl (C=O) groups excluding carboxylic acids is 2. The van der Waals surface area contributed by atoms with Crippen LogP contribution in [0.3, 0.4) is 0 Å². The number of ether oxygens (including phenoxy) is 1. The summed E-state index contributed by atoms with van der Waals surface area (Å²) in [5.74, 6) is -0.556. The highest BCUT2D eigenvalue weighted by Gasteiger charge is 2.11. The van der Waals surface area contributed by atoms with Crippen molar-refractivity contribution in [1.29, 1.82) is 0 Å². The van der Waals surface area contributed by atoms with Gasteiger partial charge in [-0.3, -0.25) is 9.59 Å². The van der Waals surface area contributed by atoms with Crippen molar-refractivity contribution in [1.82, 2.24) is 5.32 Å². The summed E-state index contributed by atoms with van der Waals surface area (Å²) in [5.41, 5.74) is 0.984. The van der Waals surface area contributed by atoms with E-state index in [-0.39, 0.29) is 30.8 Å². The Kier molecular flexibility index (Phi) is 7.47. The van der Waals surface area contributed by atoms with Crippen molar-refractivity contribution >= 4 is 23.6 Å². The van der Waals surface area contributed by atoms with Crippen LogP contribution in [0.5, 0.6) is 0 Å². The molecule has 0 saturated heterocycles. The third kappa shape index (κ3) is 6.97. The van der Waals surface area contributed by atoms with E-state index in [4.69, 9.17) is 4.74 Å². The lowest BCUT2D eigenvalue weighted by molar-refractivity contribution is -0.148. The van der Waals surface area contributed by atoms with Gasteiger partial charge in [-0.1, -0.05) is 30.3 Å². The lowest BCUT2D eigenvalue weighted by Crippen LogP contribution is -2.31. The summed E-state index contributed by atoms with van der Waals surface area (Å²) < 4.78 is 17.8. The molecule has 2 rings (SSSR count). The highest BCUT2D eigenvalue weighted by Crippen LogP contribution is 2.19. The van der Waals surface area contributed by atoms with Crippen molar-refractivity contribution in [3.05, 3.63) is 66.0 Å². The van der Waals surface area contributed by atoms with Gasteiger partial charge in [0.1, 0.15) is 5.82 Å². The summed E-state index contributed by atoms with van der Waals surface area (Å²) in [5, 5.41) is 2.78. The van der Waals surface area contributed by atoms with Crippen molar-refractivity contribution in [2.24, 2.45) is 0 Å². The normalized spacial score (nSPS) is 11.6. The highest BCUT2D eigenvalue weighted by molar-refractivity contribution is 7.99. The average molecular weight is 361 g/mol. The first-order chi connectivity index (χ1) is 12.0. The van der Waals surface area contributed by atoms with Gasteiger partial charge in [-0.05, 0) is 36.8 Å². The van der Waals surface area contributed by atoms with E-state index < -0.39 is 5.97 Å². The van der Waals surface area contributed by atoms with E-state index >= 15 is 0 Å². The van der Waals surface area contributed by atoms with Gasteiger partial charge in [-0.2, -0.15) is 0 Å². The number of rotatable bonds is 8. The molecule has 0 unspecified atom stereocenters. The lowest BCUT2D eigenvalue weighted by Gasteiger charge is -2.14. The van der Waals surface area contributed by atoms with E-state index in [1.807, 2.05) is 37.3 Å². The Morgan fingerprint density at radius 2 is 1.80 bits per heavy atom. The van der Waals surface area contributed by atoms with Crippen molar-refractivity contribution < 1.29 is 18.7 Å². The Morgan fingerprint density at radius 3 is 2.48 bits per heavy atom. The Bertz CT molecular complexity index is 692. The summed E-state index contributed by atoms with van der Waals surface area (Å²) in [6.07, 6.45) is 0.184. The fourth-order valence-corrected chi connectivity index (χ4v) is 2.94. The zero-order valence-corrected chi connectivity index (χ0v) is 14.7. The predicted molar refractivity (Wildman–Crippen MR) is 95.7 cm³/mol. The zero-order chi connectivity index (χ0) is 18.1. The Balaban J connectivity index is 1.64. The van der Waals surface area contributed by atoms with Crippen molar-refractivity contribution in [2.75, 3.05) is 12.4 Å². The minimum Gasteiger partial charge on any atom is -0.456 e. The standard InChI is InChI=1S/C19H20FNO3S/c1-14(15-5-3-2-4-6-15)21-18(22)13-24-19(23)11-12-25-17-9-7-16(20)8-10-17/h2-10,14H,11-13H2,1H3,(H,21,22)/t14-/m1/s1. The monoisotopic (exact) mass is 361 g/mol. The first-order valence-electron chi connectivity index (χ1n) is 7.93. The molecular formula is C19H20FNO3S. The number of amides is 1. The van der Waals surface area contributed by atoms with Crippen LogP contribution in [0, 0.1) is 5.82 Å². The smallest absolute Gasteiger partial charge is 0.307 e. The molecule has 0 radical (unpaired) electrons. The molecule has 0 aromatic heterocycles. The average Bonchev–Trinajstić information content (AvgIpc) is 2.62. The van der Waals surface area contributed by atoms with Crippen LogP contribution in [0.2, 0.25) is 0 Å². The Labute approximate surface area is 150 Å². The van der Waals surface area contributed by atoms with Crippen LogP contribution in [0.15, 0.2) is 59.5 Å². The third-order valence-corrected chi connectivity index (χ3v) is 4.44. The second-order valence-electron chi connectivity index (χ2n) is 5.41. The van der Waals surface area contributed by atoms with Gasteiger partial charge in [0.2, 0.25) is 0 Å². The second-order valence-corrected chi connectivity index (χ2v) is 6.58. The van der Waals surface area contributed by atoms with E-state index in [9.17, 15) is 14.0 Å². The first kappa shape index (κ1) is 19.0. The van der Waals surface area contributed by atoms with Gasteiger partial charge in [0, 0.05) is 10.6 Å². The summed E-state index contributed by atoms with van der Waals surface area (Å²) in [4.78, 5) is 24.4. The molecule has 0 saturated carbocycles. The summed E-state index contributed by atoms with van der Waals surface area (Å²) in [6.45, 7) is 1.58. The van der Waals surface area contributed by atoms with Crippen LogP contribution in [-0.4, -0.2) is 24.2 Å². The minimum atomic E-state index is -0.433. The molecule has 0 spiro atoms. The minimum absolute atomic E-state index is 0.151. The molecule has 1 amide bonds. The van der Waals surface area contributed by atoms with E-state index in [0.29, 0.717) is 5.75 Å². The van der Waals surface area contributed by atoms with Gasteiger partial charge >= 0.3 is 5.97 Å². The van der Waals surface area contributed by atoms with Gasteiger partial charge in [0.15, 0.2) is 6.61 Å². The van der Waals surface area contributed by atoms with Crippen molar-refractivity contribution in [3.63, 3.8) is 0 Å². The SMILES string of the molecule is C[C@@H](NC(=O)COC(=O)CCSc1ccc(F)cc1)c1ccccc1. The third-order valence-electron chi connectivity index (χ3n) is 3.43. The van der Waals surface area contributed by atoms with Crippen LogP contribution in [-0.2, 0) is 14.3 Å². The van der Waals surface area contributed by atoms with Gasteiger partial charge in [-0.15, -0.1) is 11.8 Å². The molecule has 4 nitrogen and oxygen atoms in total. The van der Waals surface area contributed by atoms with Crippen LogP contribution >= 0.6 is 11.8 Å². The van der Waals surface area contributed by atoms with Crippen LogP contribution in [0.4, 0.5) is 4.39 Å². The number of benzene rings is 2. The molecule has 0 aliphatic carbocycles. The van der Waals surface area contributed by atoms with Crippen LogP contribution in [0.25, 0.3) is 0 Å². The maximum Gasteiger partial charge on any atom is 0.307 e. The molecule has 2 aromatic carbocycles. The molecule has 0 aliphatic rings. The number of nitrogens with one attached hydrogen (secondary N) is 1. The summed E-state index contributed by atoms with van der Waals surface area (Å²) in [6, 6.07) is 15.5. The van der Waals surface area contributed by atoms with Gasteiger partial charge in [0.25, 0.3) is 5.91 Å². The fraction of sp³-hybridized carbons (Fsp3) is 0.263. The maximum atomic E-state index is 12.8. The highest BCUT2D eigenvalue weighted by atomic mass is 32.2. The molecule has 2 aromatic rings. The molecule has 0 heterocycles. The van der Waals surface area contributed by atoms with Gasteiger partial charge in [0.05, 0.1) is 12.5 Å². The summed E-state index contributed by atoms with van der Waals surface area (Å²) >= 11 is 1.43. The lowest BCUT2D eigenvalue weighted by atomic mass is 10.1. The van der Waals surface area contributed by atoms with Crippen LogP contribution < -0.4 is 5.32 Å². The maximum absolute atomic E-state index is 12.8. The van der Waals surface area contributed by atoms with E-state index in [0.717, 1.165) is 10.5 Å².